The van der Waals surface area contributed by atoms with Gasteiger partial charge in [0.15, 0.2) is 0 Å². The molecule has 0 spiro atoms. The lowest BCUT2D eigenvalue weighted by Crippen LogP contribution is -2.26. The van der Waals surface area contributed by atoms with E-state index in [2.05, 4.69) is 0 Å². The highest BCUT2D eigenvalue weighted by atomic mass is 35.5. The zero-order valence-corrected chi connectivity index (χ0v) is 10.1. The SMILES string of the molecule is O=C(O)C(c1ccc(Cl)c(Cl)c1)C1CCC1. The van der Waals surface area contributed by atoms with Crippen LogP contribution in [0.1, 0.15) is 30.7 Å². The molecule has 1 saturated carbocycles. The zero-order chi connectivity index (χ0) is 11.7. The van der Waals surface area contributed by atoms with Crippen LogP contribution in [0.3, 0.4) is 0 Å². The van der Waals surface area contributed by atoms with E-state index >= 15 is 0 Å². The van der Waals surface area contributed by atoms with Gasteiger partial charge in [-0.1, -0.05) is 35.7 Å². The van der Waals surface area contributed by atoms with Gasteiger partial charge >= 0.3 is 5.97 Å². The van der Waals surface area contributed by atoms with Gasteiger partial charge in [0.1, 0.15) is 0 Å². The van der Waals surface area contributed by atoms with Crippen molar-refractivity contribution in [2.24, 2.45) is 5.92 Å². The smallest absolute Gasteiger partial charge is 0.311 e. The van der Waals surface area contributed by atoms with Crippen LogP contribution < -0.4 is 0 Å². The van der Waals surface area contributed by atoms with Crippen LogP contribution in [-0.2, 0) is 4.79 Å². The number of halogens is 2. The Hall–Kier alpha value is -0.730. The van der Waals surface area contributed by atoms with Gasteiger partial charge in [0.2, 0.25) is 0 Å². The van der Waals surface area contributed by atoms with E-state index in [1.54, 1.807) is 18.2 Å². The van der Waals surface area contributed by atoms with E-state index in [-0.39, 0.29) is 5.92 Å². The van der Waals surface area contributed by atoms with Gasteiger partial charge in [-0.15, -0.1) is 0 Å². The van der Waals surface area contributed by atoms with E-state index in [1.165, 1.54) is 0 Å². The third-order valence-corrected chi connectivity index (χ3v) is 3.93. The molecule has 2 rings (SSSR count). The fraction of sp³-hybridized carbons (Fsp3) is 0.417. The molecule has 0 heterocycles. The summed E-state index contributed by atoms with van der Waals surface area (Å²) in [4.78, 5) is 11.3. The van der Waals surface area contributed by atoms with Crippen LogP contribution in [0.2, 0.25) is 10.0 Å². The maximum Gasteiger partial charge on any atom is 0.311 e. The van der Waals surface area contributed by atoms with Crippen molar-refractivity contribution in [3.8, 4) is 0 Å². The van der Waals surface area contributed by atoms with Crippen molar-refractivity contribution >= 4 is 29.2 Å². The fourth-order valence-electron chi connectivity index (χ4n) is 2.10. The standard InChI is InChI=1S/C12H12Cl2O2/c13-9-5-4-8(6-10(9)14)11(12(15)16)7-2-1-3-7/h4-7,11H,1-3H2,(H,15,16). The predicted octanol–water partition coefficient (Wildman–Crippen LogP) is 3.96. The third-order valence-electron chi connectivity index (χ3n) is 3.19. The Morgan fingerprint density at radius 2 is 2.00 bits per heavy atom. The van der Waals surface area contributed by atoms with Gasteiger partial charge < -0.3 is 5.11 Å². The van der Waals surface area contributed by atoms with Crippen LogP contribution in [-0.4, -0.2) is 11.1 Å². The molecule has 86 valence electrons. The Bertz CT molecular complexity index is 413. The molecule has 1 unspecified atom stereocenters. The second-order valence-corrected chi connectivity index (χ2v) is 4.99. The van der Waals surface area contributed by atoms with Crippen molar-refractivity contribution in [1.29, 1.82) is 0 Å². The van der Waals surface area contributed by atoms with E-state index in [1.807, 2.05) is 0 Å². The summed E-state index contributed by atoms with van der Waals surface area (Å²) in [6.07, 6.45) is 3.09. The maximum absolute atomic E-state index is 11.3. The molecule has 1 aromatic carbocycles. The molecular weight excluding hydrogens is 247 g/mol. The third kappa shape index (κ3) is 2.18. The van der Waals surface area contributed by atoms with Crippen LogP contribution in [0.25, 0.3) is 0 Å². The molecule has 1 aliphatic rings. The molecule has 0 aromatic heterocycles. The number of rotatable bonds is 3. The Morgan fingerprint density at radius 3 is 2.44 bits per heavy atom. The van der Waals surface area contributed by atoms with Gasteiger partial charge in [-0.05, 0) is 36.5 Å². The first-order chi connectivity index (χ1) is 7.59. The molecule has 0 radical (unpaired) electrons. The van der Waals surface area contributed by atoms with Crippen molar-refractivity contribution < 1.29 is 9.90 Å². The van der Waals surface area contributed by atoms with Gasteiger partial charge in [-0.2, -0.15) is 0 Å². The number of carboxylic acids is 1. The lowest BCUT2D eigenvalue weighted by molar-refractivity contribution is -0.141. The summed E-state index contributed by atoms with van der Waals surface area (Å²) < 4.78 is 0. The molecule has 1 fully saturated rings. The highest BCUT2D eigenvalue weighted by Gasteiger charge is 2.33. The number of hydrogen-bond donors (Lipinski definition) is 1. The molecule has 2 nitrogen and oxygen atoms in total. The van der Waals surface area contributed by atoms with Crippen LogP contribution in [0.4, 0.5) is 0 Å². The van der Waals surface area contributed by atoms with Gasteiger partial charge in [0.25, 0.3) is 0 Å². The molecule has 1 atom stereocenters. The summed E-state index contributed by atoms with van der Waals surface area (Å²) in [5, 5.41) is 10.1. The van der Waals surface area contributed by atoms with E-state index in [0.29, 0.717) is 10.0 Å². The van der Waals surface area contributed by atoms with E-state index in [9.17, 15) is 9.90 Å². The first-order valence-corrected chi connectivity index (χ1v) is 6.03. The van der Waals surface area contributed by atoms with Crippen LogP contribution in [0.5, 0.6) is 0 Å². The number of carboxylic acid groups (broad SMARTS) is 1. The lowest BCUT2D eigenvalue weighted by atomic mass is 9.73. The molecule has 1 aromatic rings. The average Bonchev–Trinajstić information content (AvgIpc) is 2.15. The molecule has 0 saturated heterocycles. The summed E-state index contributed by atoms with van der Waals surface area (Å²) >= 11 is 11.7. The maximum atomic E-state index is 11.3. The number of benzene rings is 1. The van der Waals surface area contributed by atoms with Gasteiger partial charge in [0.05, 0.1) is 16.0 Å². The Balaban J connectivity index is 2.31. The van der Waals surface area contributed by atoms with Crippen molar-refractivity contribution in [1.82, 2.24) is 0 Å². The lowest BCUT2D eigenvalue weighted by Gasteiger charge is -2.31. The van der Waals surface area contributed by atoms with Crippen LogP contribution in [0, 0.1) is 5.92 Å². The van der Waals surface area contributed by atoms with Gasteiger partial charge in [-0.25, -0.2) is 0 Å². The molecule has 0 amide bonds. The molecule has 0 bridgehead atoms. The summed E-state index contributed by atoms with van der Waals surface area (Å²) in [7, 11) is 0. The molecular formula is C12H12Cl2O2. The fourth-order valence-corrected chi connectivity index (χ4v) is 2.40. The normalized spacial score (nSPS) is 17.9. The number of hydrogen-bond acceptors (Lipinski definition) is 1. The molecule has 4 heteroatoms. The van der Waals surface area contributed by atoms with Crippen molar-refractivity contribution in [3.63, 3.8) is 0 Å². The topological polar surface area (TPSA) is 37.3 Å². The molecule has 0 aliphatic heterocycles. The summed E-state index contributed by atoms with van der Waals surface area (Å²) in [6.45, 7) is 0. The Kier molecular flexibility index (Phi) is 3.41. The highest BCUT2D eigenvalue weighted by Crippen LogP contribution is 2.40. The van der Waals surface area contributed by atoms with Crippen LogP contribution >= 0.6 is 23.2 Å². The van der Waals surface area contributed by atoms with Crippen molar-refractivity contribution in [2.75, 3.05) is 0 Å². The van der Waals surface area contributed by atoms with Gasteiger partial charge in [-0.3, -0.25) is 4.79 Å². The molecule has 16 heavy (non-hydrogen) atoms. The van der Waals surface area contributed by atoms with E-state index in [0.717, 1.165) is 24.8 Å². The quantitative estimate of drug-likeness (QED) is 0.891. The zero-order valence-electron chi connectivity index (χ0n) is 8.62. The largest absolute Gasteiger partial charge is 0.481 e. The first-order valence-electron chi connectivity index (χ1n) is 5.27. The summed E-state index contributed by atoms with van der Waals surface area (Å²) in [5.74, 6) is -0.971. The second-order valence-electron chi connectivity index (χ2n) is 4.18. The molecule has 1 N–H and O–H groups in total. The molecule has 1 aliphatic carbocycles. The Morgan fingerprint density at radius 1 is 1.31 bits per heavy atom. The van der Waals surface area contributed by atoms with Crippen molar-refractivity contribution in [2.45, 2.75) is 25.2 Å². The summed E-state index contributed by atoms with van der Waals surface area (Å²) in [6, 6.07) is 5.08. The minimum Gasteiger partial charge on any atom is -0.481 e. The van der Waals surface area contributed by atoms with Crippen LogP contribution in [0.15, 0.2) is 18.2 Å². The number of carbonyl (C=O) groups is 1. The Labute approximate surface area is 104 Å². The van der Waals surface area contributed by atoms with E-state index < -0.39 is 11.9 Å². The predicted molar refractivity (Wildman–Crippen MR) is 64.2 cm³/mol. The summed E-state index contributed by atoms with van der Waals surface area (Å²) in [5.41, 5.74) is 0.756. The second kappa shape index (κ2) is 4.64. The van der Waals surface area contributed by atoms with E-state index in [4.69, 9.17) is 23.2 Å². The highest BCUT2D eigenvalue weighted by molar-refractivity contribution is 6.42. The average molecular weight is 259 g/mol. The minimum absolute atomic E-state index is 0.245. The van der Waals surface area contributed by atoms with Gasteiger partial charge in [0, 0.05) is 0 Å². The van der Waals surface area contributed by atoms with Crippen molar-refractivity contribution in [3.05, 3.63) is 33.8 Å². The first kappa shape index (κ1) is 11.7. The monoisotopic (exact) mass is 258 g/mol. The minimum atomic E-state index is -0.775. The number of aliphatic carboxylic acids is 1.